The van der Waals surface area contributed by atoms with Gasteiger partial charge in [0.25, 0.3) is 0 Å². The second-order valence-electron chi connectivity index (χ2n) is 4.21. The number of morpholine rings is 1. The van der Waals surface area contributed by atoms with Crippen LogP contribution in [0.1, 0.15) is 19.3 Å². The smallest absolute Gasteiger partial charge is 0.220 e. The van der Waals surface area contributed by atoms with Crippen LogP contribution in [0.2, 0.25) is 0 Å². The number of unbranched alkanes of at least 4 members (excludes halogenated alkanes) is 1. The minimum Gasteiger partial charge on any atom is -0.374 e. The summed E-state index contributed by atoms with van der Waals surface area (Å²) in [7, 11) is 2.07. The fourth-order valence-corrected chi connectivity index (χ4v) is 1.88. The SMILES string of the molecule is CN1CCOC(CNC(=O)CCCCCl)C1. The van der Waals surface area contributed by atoms with Gasteiger partial charge in [-0.15, -0.1) is 11.6 Å². The molecular weight excluding hydrogens is 228 g/mol. The van der Waals surface area contributed by atoms with E-state index in [9.17, 15) is 4.79 Å². The molecule has 0 aromatic heterocycles. The van der Waals surface area contributed by atoms with Gasteiger partial charge in [-0.3, -0.25) is 4.79 Å². The lowest BCUT2D eigenvalue weighted by molar-refractivity contribution is -0.122. The topological polar surface area (TPSA) is 41.6 Å². The Labute approximate surface area is 102 Å². The first-order chi connectivity index (χ1) is 7.72. The highest BCUT2D eigenvalue weighted by Gasteiger charge is 2.17. The van der Waals surface area contributed by atoms with Crippen molar-refractivity contribution in [1.82, 2.24) is 10.2 Å². The zero-order valence-electron chi connectivity index (χ0n) is 9.88. The third kappa shape index (κ3) is 5.68. The minimum absolute atomic E-state index is 0.0990. The third-order valence-corrected chi connectivity index (χ3v) is 2.92. The molecular formula is C11H21ClN2O2. The number of likely N-dealkylation sites (N-methyl/N-ethyl adjacent to an activating group) is 1. The highest BCUT2D eigenvalue weighted by molar-refractivity contribution is 6.17. The predicted molar refractivity (Wildman–Crippen MR) is 64.8 cm³/mol. The number of nitrogens with one attached hydrogen (secondary N) is 1. The van der Waals surface area contributed by atoms with Crippen LogP contribution in [-0.2, 0) is 9.53 Å². The van der Waals surface area contributed by atoms with Crippen LogP contribution < -0.4 is 5.32 Å². The van der Waals surface area contributed by atoms with E-state index in [2.05, 4.69) is 17.3 Å². The molecule has 0 aliphatic carbocycles. The van der Waals surface area contributed by atoms with Gasteiger partial charge in [0.2, 0.25) is 5.91 Å². The molecule has 1 atom stereocenters. The van der Waals surface area contributed by atoms with Gasteiger partial charge in [0.1, 0.15) is 0 Å². The Balaban J connectivity index is 2.06. The molecule has 1 N–H and O–H groups in total. The summed E-state index contributed by atoms with van der Waals surface area (Å²) in [5.74, 6) is 0.728. The highest BCUT2D eigenvalue weighted by atomic mass is 35.5. The molecule has 94 valence electrons. The quantitative estimate of drug-likeness (QED) is 0.560. The molecule has 0 bridgehead atoms. The van der Waals surface area contributed by atoms with Crippen LogP contribution in [0.3, 0.4) is 0 Å². The van der Waals surface area contributed by atoms with E-state index in [1.165, 1.54) is 0 Å². The molecule has 0 spiro atoms. The van der Waals surface area contributed by atoms with Crippen molar-refractivity contribution in [3.8, 4) is 0 Å². The van der Waals surface area contributed by atoms with E-state index < -0.39 is 0 Å². The number of nitrogens with zero attached hydrogens (tertiary/aromatic N) is 1. The molecule has 1 aliphatic heterocycles. The normalized spacial score (nSPS) is 22.0. The van der Waals surface area contributed by atoms with Crippen molar-refractivity contribution in [3.05, 3.63) is 0 Å². The summed E-state index contributed by atoms with van der Waals surface area (Å²) in [4.78, 5) is 13.6. The first-order valence-corrected chi connectivity index (χ1v) is 6.38. The van der Waals surface area contributed by atoms with E-state index >= 15 is 0 Å². The van der Waals surface area contributed by atoms with Crippen LogP contribution in [0, 0.1) is 0 Å². The summed E-state index contributed by atoms with van der Waals surface area (Å²) in [5, 5.41) is 2.90. The van der Waals surface area contributed by atoms with Crippen LogP contribution in [0.15, 0.2) is 0 Å². The zero-order chi connectivity index (χ0) is 11.8. The van der Waals surface area contributed by atoms with Gasteiger partial charge in [0.15, 0.2) is 0 Å². The Bertz CT molecular complexity index is 214. The first kappa shape index (κ1) is 13.7. The fraction of sp³-hybridized carbons (Fsp3) is 0.909. The van der Waals surface area contributed by atoms with Gasteiger partial charge in [-0.25, -0.2) is 0 Å². The van der Waals surface area contributed by atoms with Crippen LogP contribution in [-0.4, -0.2) is 56.1 Å². The van der Waals surface area contributed by atoms with Crippen molar-refractivity contribution in [1.29, 1.82) is 0 Å². The highest BCUT2D eigenvalue weighted by Crippen LogP contribution is 2.02. The number of alkyl halides is 1. The summed E-state index contributed by atoms with van der Waals surface area (Å²) in [6.07, 6.45) is 2.46. The van der Waals surface area contributed by atoms with Crippen molar-refractivity contribution < 1.29 is 9.53 Å². The van der Waals surface area contributed by atoms with Crippen molar-refractivity contribution in [2.45, 2.75) is 25.4 Å². The molecule has 1 amide bonds. The molecule has 4 nitrogen and oxygen atoms in total. The van der Waals surface area contributed by atoms with Crippen LogP contribution >= 0.6 is 11.6 Å². The molecule has 1 heterocycles. The Morgan fingerprint density at radius 2 is 2.38 bits per heavy atom. The average Bonchev–Trinajstić information content (AvgIpc) is 2.27. The predicted octanol–water partition coefficient (Wildman–Crippen LogP) is 0.842. The van der Waals surface area contributed by atoms with E-state index in [0.717, 1.165) is 32.5 Å². The molecule has 0 aromatic rings. The molecule has 5 heteroatoms. The summed E-state index contributed by atoms with van der Waals surface area (Å²) in [6, 6.07) is 0. The number of amides is 1. The number of halogens is 1. The number of rotatable bonds is 6. The molecule has 1 unspecified atom stereocenters. The molecule has 1 fully saturated rings. The Hall–Kier alpha value is -0.320. The summed E-state index contributed by atoms with van der Waals surface area (Å²) in [6.45, 7) is 3.23. The maximum absolute atomic E-state index is 11.4. The van der Waals surface area contributed by atoms with E-state index in [-0.39, 0.29) is 12.0 Å². The molecule has 1 rings (SSSR count). The van der Waals surface area contributed by atoms with Gasteiger partial charge >= 0.3 is 0 Å². The number of hydrogen-bond donors (Lipinski definition) is 1. The molecule has 1 aliphatic rings. The molecule has 0 aromatic carbocycles. The second kappa shape index (κ2) is 7.87. The third-order valence-electron chi connectivity index (χ3n) is 2.66. The molecule has 1 saturated heterocycles. The van der Waals surface area contributed by atoms with Gasteiger partial charge in [-0.05, 0) is 19.9 Å². The van der Waals surface area contributed by atoms with Gasteiger partial charge < -0.3 is 15.0 Å². The average molecular weight is 249 g/mol. The van der Waals surface area contributed by atoms with Crippen LogP contribution in [0.5, 0.6) is 0 Å². The maximum Gasteiger partial charge on any atom is 0.220 e. The maximum atomic E-state index is 11.4. The number of hydrogen-bond acceptors (Lipinski definition) is 3. The lowest BCUT2D eigenvalue weighted by atomic mass is 10.2. The largest absolute Gasteiger partial charge is 0.374 e. The van der Waals surface area contributed by atoms with Crippen molar-refractivity contribution in [3.63, 3.8) is 0 Å². The number of carbonyl (C=O) groups is 1. The number of carbonyl (C=O) groups excluding carboxylic acids is 1. The molecule has 16 heavy (non-hydrogen) atoms. The summed E-state index contributed by atoms with van der Waals surface area (Å²) < 4.78 is 5.55. The van der Waals surface area contributed by atoms with E-state index in [0.29, 0.717) is 18.8 Å². The second-order valence-corrected chi connectivity index (χ2v) is 4.58. The van der Waals surface area contributed by atoms with Gasteiger partial charge in [-0.2, -0.15) is 0 Å². The van der Waals surface area contributed by atoms with Gasteiger partial charge in [0, 0.05) is 31.9 Å². The standard InChI is InChI=1S/C11H21ClN2O2/c1-14-6-7-16-10(9-14)8-13-11(15)4-2-3-5-12/h10H,2-9H2,1H3,(H,13,15). The molecule has 0 saturated carbocycles. The van der Waals surface area contributed by atoms with Crippen molar-refractivity contribution in [2.24, 2.45) is 0 Å². The summed E-state index contributed by atoms with van der Waals surface area (Å²) >= 11 is 5.54. The van der Waals surface area contributed by atoms with Crippen molar-refractivity contribution >= 4 is 17.5 Å². The van der Waals surface area contributed by atoms with Crippen LogP contribution in [0.25, 0.3) is 0 Å². The van der Waals surface area contributed by atoms with Gasteiger partial charge in [-0.1, -0.05) is 0 Å². The molecule has 0 radical (unpaired) electrons. The first-order valence-electron chi connectivity index (χ1n) is 5.85. The Kier molecular flexibility index (Phi) is 6.76. The Morgan fingerprint density at radius 1 is 1.56 bits per heavy atom. The fourth-order valence-electron chi connectivity index (χ4n) is 1.69. The zero-order valence-corrected chi connectivity index (χ0v) is 10.6. The lowest BCUT2D eigenvalue weighted by Gasteiger charge is -2.30. The lowest BCUT2D eigenvalue weighted by Crippen LogP contribution is -2.45. The van der Waals surface area contributed by atoms with E-state index in [4.69, 9.17) is 16.3 Å². The monoisotopic (exact) mass is 248 g/mol. The Morgan fingerprint density at radius 3 is 3.06 bits per heavy atom. The van der Waals surface area contributed by atoms with Gasteiger partial charge in [0.05, 0.1) is 12.7 Å². The van der Waals surface area contributed by atoms with Crippen molar-refractivity contribution in [2.75, 3.05) is 39.2 Å². The minimum atomic E-state index is 0.0990. The summed E-state index contributed by atoms with van der Waals surface area (Å²) in [5.41, 5.74) is 0. The number of ether oxygens (including phenoxy) is 1. The van der Waals surface area contributed by atoms with E-state index in [1.807, 2.05) is 0 Å². The van der Waals surface area contributed by atoms with Crippen LogP contribution in [0.4, 0.5) is 0 Å². The van der Waals surface area contributed by atoms with E-state index in [1.54, 1.807) is 0 Å².